The zero-order chi connectivity index (χ0) is 20.0. The third-order valence-corrected chi connectivity index (χ3v) is 4.43. The molecule has 144 valence electrons. The van der Waals surface area contributed by atoms with Gasteiger partial charge in [0, 0.05) is 37.1 Å². The van der Waals surface area contributed by atoms with Gasteiger partial charge in [-0.25, -0.2) is 4.39 Å². The molecule has 2 rings (SSSR count). The van der Waals surface area contributed by atoms with Crippen LogP contribution in [-0.2, 0) is 9.59 Å². The molecule has 5 nitrogen and oxygen atoms in total. The first-order chi connectivity index (χ1) is 12.8. The molecule has 27 heavy (non-hydrogen) atoms. The van der Waals surface area contributed by atoms with Crippen LogP contribution in [0.25, 0.3) is 0 Å². The minimum absolute atomic E-state index is 0.141. The average Bonchev–Trinajstić information content (AvgIpc) is 2.63. The summed E-state index contributed by atoms with van der Waals surface area (Å²) in [5, 5.41) is 2.85. The molecule has 6 heteroatoms. The molecular weight excluding hydrogens is 345 g/mol. The molecule has 0 aromatic heterocycles. The number of hydrogen-bond donors (Lipinski definition) is 1. The van der Waals surface area contributed by atoms with Gasteiger partial charge in [-0.15, -0.1) is 0 Å². The monoisotopic (exact) mass is 371 g/mol. The molecule has 0 radical (unpaired) electrons. The molecule has 0 saturated heterocycles. The lowest BCUT2D eigenvalue weighted by atomic mass is 10.1. The molecule has 0 bridgehead atoms. The highest BCUT2D eigenvalue weighted by atomic mass is 19.1. The van der Waals surface area contributed by atoms with E-state index < -0.39 is 5.82 Å². The van der Waals surface area contributed by atoms with Crippen molar-refractivity contribution in [3.63, 3.8) is 0 Å². The molecule has 0 aliphatic rings. The summed E-state index contributed by atoms with van der Waals surface area (Å²) in [7, 11) is 0. The maximum absolute atomic E-state index is 13.1. The van der Waals surface area contributed by atoms with Crippen molar-refractivity contribution in [2.45, 2.75) is 27.7 Å². The van der Waals surface area contributed by atoms with Crippen molar-refractivity contribution in [3.05, 3.63) is 53.8 Å². The van der Waals surface area contributed by atoms with Crippen LogP contribution in [0.4, 0.5) is 21.5 Å². The molecule has 0 aliphatic heterocycles. The molecule has 0 fully saturated rings. The SMILES string of the molecule is CCN(CC)c1ccc(NC(=O)CN(C(C)=O)c2ccc(F)cc2)c(C)c1. The molecule has 0 aliphatic carbocycles. The zero-order valence-corrected chi connectivity index (χ0v) is 16.3. The van der Waals surface area contributed by atoms with E-state index in [1.54, 1.807) is 0 Å². The van der Waals surface area contributed by atoms with Crippen LogP contribution in [0.5, 0.6) is 0 Å². The number of amides is 2. The maximum atomic E-state index is 13.1. The summed E-state index contributed by atoms with van der Waals surface area (Å²) in [6.07, 6.45) is 0. The fraction of sp³-hybridized carbons (Fsp3) is 0.333. The second kappa shape index (κ2) is 9.16. The van der Waals surface area contributed by atoms with Crippen molar-refractivity contribution < 1.29 is 14.0 Å². The van der Waals surface area contributed by atoms with E-state index in [1.165, 1.54) is 36.1 Å². The topological polar surface area (TPSA) is 52.7 Å². The molecular formula is C21H26FN3O2. The van der Waals surface area contributed by atoms with Crippen LogP contribution in [0.2, 0.25) is 0 Å². The first-order valence-corrected chi connectivity index (χ1v) is 9.04. The first-order valence-electron chi connectivity index (χ1n) is 9.04. The van der Waals surface area contributed by atoms with E-state index in [0.29, 0.717) is 11.4 Å². The number of nitrogens with one attached hydrogen (secondary N) is 1. The summed E-state index contributed by atoms with van der Waals surface area (Å²) < 4.78 is 13.1. The van der Waals surface area contributed by atoms with E-state index in [0.717, 1.165) is 24.3 Å². The highest BCUT2D eigenvalue weighted by molar-refractivity contribution is 6.02. The van der Waals surface area contributed by atoms with Gasteiger partial charge in [-0.1, -0.05) is 0 Å². The molecule has 2 amide bonds. The molecule has 0 heterocycles. The Labute approximate surface area is 159 Å². The lowest BCUT2D eigenvalue weighted by Gasteiger charge is -2.23. The van der Waals surface area contributed by atoms with Gasteiger partial charge in [0.2, 0.25) is 11.8 Å². The predicted molar refractivity (Wildman–Crippen MR) is 108 cm³/mol. The number of anilines is 3. The Morgan fingerprint density at radius 3 is 2.11 bits per heavy atom. The molecule has 0 atom stereocenters. The van der Waals surface area contributed by atoms with E-state index in [1.807, 2.05) is 25.1 Å². The molecule has 0 spiro atoms. The number of carbonyl (C=O) groups excluding carboxylic acids is 2. The lowest BCUT2D eigenvalue weighted by Crippen LogP contribution is -2.36. The fourth-order valence-corrected chi connectivity index (χ4v) is 2.91. The second-order valence-electron chi connectivity index (χ2n) is 6.30. The van der Waals surface area contributed by atoms with E-state index in [4.69, 9.17) is 0 Å². The Balaban J connectivity index is 2.11. The van der Waals surface area contributed by atoms with Crippen LogP contribution >= 0.6 is 0 Å². The van der Waals surface area contributed by atoms with Crippen molar-refractivity contribution in [1.29, 1.82) is 0 Å². The van der Waals surface area contributed by atoms with Crippen molar-refractivity contribution in [2.24, 2.45) is 0 Å². The Bertz CT molecular complexity index is 802. The first kappa shape index (κ1) is 20.4. The summed E-state index contributed by atoms with van der Waals surface area (Å²) in [5.74, 6) is -0.991. The summed E-state index contributed by atoms with van der Waals surface area (Å²) in [5.41, 5.74) is 3.24. The van der Waals surface area contributed by atoms with Gasteiger partial charge >= 0.3 is 0 Å². The van der Waals surface area contributed by atoms with E-state index in [2.05, 4.69) is 24.1 Å². The number of rotatable bonds is 7. The fourth-order valence-electron chi connectivity index (χ4n) is 2.91. The van der Waals surface area contributed by atoms with Crippen LogP contribution < -0.4 is 15.1 Å². The molecule has 2 aromatic carbocycles. The van der Waals surface area contributed by atoms with Crippen molar-refractivity contribution >= 4 is 28.9 Å². The van der Waals surface area contributed by atoms with Crippen LogP contribution in [0.3, 0.4) is 0 Å². The molecule has 0 unspecified atom stereocenters. The number of nitrogens with zero attached hydrogens (tertiary/aromatic N) is 2. The minimum Gasteiger partial charge on any atom is -0.372 e. The third-order valence-electron chi connectivity index (χ3n) is 4.43. The Hall–Kier alpha value is -2.89. The number of hydrogen-bond acceptors (Lipinski definition) is 3. The van der Waals surface area contributed by atoms with Crippen molar-refractivity contribution in [2.75, 3.05) is 34.8 Å². The molecule has 0 saturated carbocycles. The zero-order valence-electron chi connectivity index (χ0n) is 16.3. The normalized spacial score (nSPS) is 10.4. The van der Waals surface area contributed by atoms with Gasteiger partial charge in [0.05, 0.1) is 0 Å². The lowest BCUT2D eigenvalue weighted by molar-refractivity contribution is -0.120. The summed E-state index contributed by atoms with van der Waals surface area (Å²) in [6, 6.07) is 11.4. The molecule has 2 aromatic rings. The number of aryl methyl sites for hydroxylation is 1. The van der Waals surface area contributed by atoms with Crippen LogP contribution in [-0.4, -0.2) is 31.4 Å². The van der Waals surface area contributed by atoms with Crippen LogP contribution in [0, 0.1) is 12.7 Å². The van der Waals surface area contributed by atoms with Gasteiger partial charge in [-0.2, -0.15) is 0 Å². The van der Waals surface area contributed by atoms with Gasteiger partial charge in [-0.05, 0) is 68.8 Å². The minimum atomic E-state index is -0.393. The Kier molecular flexibility index (Phi) is 6.93. The van der Waals surface area contributed by atoms with Crippen LogP contribution in [0.1, 0.15) is 26.3 Å². The van der Waals surface area contributed by atoms with Gasteiger partial charge < -0.3 is 15.1 Å². The van der Waals surface area contributed by atoms with E-state index >= 15 is 0 Å². The van der Waals surface area contributed by atoms with E-state index in [-0.39, 0.29) is 18.4 Å². The average molecular weight is 371 g/mol. The smallest absolute Gasteiger partial charge is 0.244 e. The Morgan fingerprint density at radius 2 is 1.59 bits per heavy atom. The Morgan fingerprint density at radius 1 is 1.00 bits per heavy atom. The number of halogens is 1. The van der Waals surface area contributed by atoms with Crippen molar-refractivity contribution in [1.82, 2.24) is 0 Å². The maximum Gasteiger partial charge on any atom is 0.244 e. The van der Waals surface area contributed by atoms with Crippen LogP contribution in [0.15, 0.2) is 42.5 Å². The standard InChI is InChI=1S/C21H26FN3O2/c1-5-24(6-2)19-11-12-20(15(3)13-19)23-21(27)14-25(16(4)26)18-9-7-17(22)8-10-18/h7-13H,5-6,14H2,1-4H3,(H,23,27). The summed E-state index contributed by atoms with van der Waals surface area (Å²) in [6.45, 7) is 9.19. The summed E-state index contributed by atoms with van der Waals surface area (Å²) >= 11 is 0. The van der Waals surface area contributed by atoms with E-state index in [9.17, 15) is 14.0 Å². The van der Waals surface area contributed by atoms with Gasteiger partial charge in [-0.3, -0.25) is 9.59 Å². The second-order valence-corrected chi connectivity index (χ2v) is 6.30. The van der Waals surface area contributed by atoms with Gasteiger partial charge in [0.1, 0.15) is 12.4 Å². The highest BCUT2D eigenvalue weighted by Crippen LogP contribution is 2.23. The van der Waals surface area contributed by atoms with Crippen molar-refractivity contribution in [3.8, 4) is 0 Å². The van der Waals surface area contributed by atoms with Gasteiger partial charge in [0.25, 0.3) is 0 Å². The number of benzene rings is 2. The quantitative estimate of drug-likeness (QED) is 0.801. The predicted octanol–water partition coefficient (Wildman–Crippen LogP) is 3.97. The highest BCUT2D eigenvalue weighted by Gasteiger charge is 2.17. The molecule has 1 N–H and O–H groups in total. The number of carbonyl (C=O) groups is 2. The third kappa shape index (κ3) is 5.29. The largest absolute Gasteiger partial charge is 0.372 e. The van der Waals surface area contributed by atoms with Gasteiger partial charge in [0.15, 0.2) is 0 Å². The summed E-state index contributed by atoms with van der Waals surface area (Å²) in [4.78, 5) is 27.9.